The molecule has 18 heavy (non-hydrogen) atoms. The monoisotopic (exact) mass is 306 g/mol. The molecule has 0 bridgehead atoms. The van der Waals surface area contributed by atoms with Gasteiger partial charge in [0.15, 0.2) is 0 Å². The molecule has 0 spiro atoms. The van der Waals surface area contributed by atoms with Crippen molar-refractivity contribution < 1.29 is 4.74 Å². The molecule has 1 aromatic carbocycles. The lowest BCUT2D eigenvalue weighted by Crippen LogP contribution is -2.02. The molecular weight excluding hydrogens is 292 g/mol. The van der Waals surface area contributed by atoms with Crippen LogP contribution in [0.1, 0.15) is 12.5 Å². The first-order chi connectivity index (χ1) is 8.79. The molecule has 2 rings (SSSR count). The van der Waals surface area contributed by atoms with Gasteiger partial charge in [-0.3, -0.25) is 0 Å². The van der Waals surface area contributed by atoms with Crippen LogP contribution in [0.15, 0.2) is 47.1 Å². The number of ether oxygens (including phenoxy) is 1. The molecule has 0 aliphatic carbocycles. The molecule has 0 radical (unpaired) electrons. The second-order valence-corrected chi connectivity index (χ2v) is 4.62. The molecule has 1 N–H and O–H groups in total. The topological polar surface area (TPSA) is 34.1 Å². The maximum atomic E-state index is 5.47. The van der Waals surface area contributed by atoms with Gasteiger partial charge < -0.3 is 10.1 Å². The standard InChI is InChI=1S/C14H15BrN2O/c1-2-18-12-6-3-5-11(9-12)10-17-14-13(15)7-4-8-16-14/h3-9H,2,10H2,1H3,(H,16,17). The van der Waals surface area contributed by atoms with Crippen LogP contribution < -0.4 is 10.1 Å². The largest absolute Gasteiger partial charge is 0.494 e. The fourth-order valence-corrected chi connectivity index (χ4v) is 2.01. The van der Waals surface area contributed by atoms with E-state index in [1.165, 1.54) is 5.56 Å². The van der Waals surface area contributed by atoms with E-state index in [0.29, 0.717) is 6.61 Å². The molecule has 2 aromatic rings. The summed E-state index contributed by atoms with van der Waals surface area (Å²) < 4.78 is 6.43. The van der Waals surface area contributed by atoms with Crippen LogP contribution in [-0.2, 0) is 6.54 Å². The third kappa shape index (κ3) is 3.47. The number of nitrogens with zero attached hydrogens (tertiary/aromatic N) is 1. The average molecular weight is 307 g/mol. The van der Waals surface area contributed by atoms with Crippen molar-refractivity contribution in [2.24, 2.45) is 0 Å². The van der Waals surface area contributed by atoms with E-state index in [9.17, 15) is 0 Å². The first kappa shape index (κ1) is 12.9. The van der Waals surface area contributed by atoms with E-state index >= 15 is 0 Å². The minimum atomic E-state index is 0.683. The zero-order chi connectivity index (χ0) is 12.8. The predicted octanol–water partition coefficient (Wildman–Crippen LogP) is 3.85. The lowest BCUT2D eigenvalue weighted by Gasteiger charge is -2.09. The minimum absolute atomic E-state index is 0.683. The lowest BCUT2D eigenvalue weighted by atomic mass is 10.2. The van der Waals surface area contributed by atoms with Gasteiger partial charge in [-0.25, -0.2) is 4.98 Å². The Morgan fingerprint density at radius 2 is 2.17 bits per heavy atom. The Labute approximate surface area is 115 Å². The fraction of sp³-hybridized carbons (Fsp3) is 0.214. The molecule has 94 valence electrons. The number of benzene rings is 1. The summed E-state index contributed by atoms with van der Waals surface area (Å²) in [4.78, 5) is 4.26. The normalized spacial score (nSPS) is 10.1. The van der Waals surface area contributed by atoms with Crippen LogP contribution >= 0.6 is 15.9 Å². The zero-order valence-corrected chi connectivity index (χ0v) is 11.8. The van der Waals surface area contributed by atoms with E-state index in [4.69, 9.17) is 4.74 Å². The van der Waals surface area contributed by atoms with Crippen molar-refractivity contribution >= 4 is 21.7 Å². The smallest absolute Gasteiger partial charge is 0.140 e. The molecule has 0 aliphatic rings. The average Bonchev–Trinajstić information content (AvgIpc) is 2.39. The van der Waals surface area contributed by atoms with E-state index in [2.05, 4.69) is 32.3 Å². The molecule has 0 saturated heterocycles. The molecule has 0 amide bonds. The predicted molar refractivity (Wildman–Crippen MR) is 76.9 cm³/mol. The summed E-state index contributed by atoms with van der Waals surface area (Å²) in [7, 11) is 0. The summed E-state index contributed by atoms with van der Waals surface area (Å²) in [6, 6.07) is 11.9. The van der Waals surface area contributed by atoms with Crippen LogP contribution in [0.5, 0.6) is 5.75 Å². The highest BCUT2D eigenvalue weighted by Gasteiger charge is 2.00. The van der Waals surface area contributed by atoms with Gasteiger partial charge in [-0.05, 0) is 52.7 Å². The second kappa shape index (κ2) is 6.40. The van der Waals surface area contributed by atoms with Gasteiger partial charge in [0.1, 0.15) is 11.6 Å². The lowest BCUT2D eigenvalue weighted by molar-refractivity contribution is 0.340. The molecule has 4 heteroatoms. The molecule has 0 fully saturated rings. The maximum absolute atomic E-state index is 5.47. The van der Waals surface area contributed by atoms with Crippen molar-refractivity contribution in [3.05, 3.63) is 52.6 Å². The summed E-state index contributed by atoms with van der Waals surface area (Å²) in [5.41, 5.74) is 1.17. The summed E-state index contributed by atoms with van der Waals surface area (Å²) in [6.45, 7) is 3.38. The fourth-order valence-electron chi connectivity index (χ4n) is 1.61. The third-order valence-electron chi connectivity index (χ3n) is 2.43. The van der Waals surface area contributed by atoms with Gasteiger partial charge in [0.05, 0.1) is 11.1 Å². The van der Waals surface area contributed by atoms with Gasteiger partial charge in [-0.15, -0.1) is 0 Å². The van der Waals surface area contributed by atoms with Gasteiger partial charge in [0, 0.05) is 12.7 Å². The number of aromatic nitrogens is 1. The summed E-state index contributed by atoms with van der Waals surface area (Å²) >= 11 is 3.46. The second-order valence-electron chi connectivity index (χ2n) is 3.77. The van der Waals surface area contributed by atoms with E-state index < -0.39 is 0 Å². The number of halogens is 1. The zero-order valence-electron chi connectivity index (χ0n) is 10.2. The molecule has 0 aliphatic heterocycles. The Morgan fingerprint density at radius 1 is 1.28 bits per heavy atom. The van der Waals surface area contributed by atoms with Crippen molar-refractivity contribution in [3.63, 3.8) is 0 Å². The Balaban J connectivity index is 2.02. The van der Waals surface area contributed by atoms with Crippen LogP contribution in [-0.4, -0.2) is 11.6 Å². The van der Waals surface area contributed by atoms with Crippen molar-refractivity contribution in [3.8, 4) is 5.75 Å². The van der Waals surface area contributed by atoms with Crippen LogP contribution in [0, 0.1) is 0 Å². The molecule has 1 heterocycles. The summed E-state index contributed by atoms with van der Waals surface area (Å²) in [5.74, 6) is 1.75. The Kier molecular flexibility index (Phi) is 4.59. The highest BCUT2D eigenvalue weighted by molar-refractivity contribution is 9.10. The van der Waals surface area contributed by atoms with Crippen molar-refractivity contribution in [1.29, 1.82) is 0 Å². The van der Waals surface area contributed by atoms with Gasteiger partial charge in [0.2, 0.25) is 0 Å². The van der Waals surface area contributed by atoms with Crippen LogP contribution in [0.4, 0.5) is 5.82 Å². The third-order valence-corrected chi connectivity index (χ3v) is 3.07. The van der Waals surface area contributed by atoms with Crippen LogP contribution in [0.2, 0.25) is 0 Å². The van der Waals surface area contributed by atoms with Crippen molar-refractivity contribution in [1.82, 2.24) is 4.98 Å². The number of anilines is 1. The molecule has 0 atom stereocenters. The van der Waals surface area contributed by atoms with Crippen LogP contribution in [0.3, 0.4) is 0 Å². The van der Waals surface area contributed by atoms with Crippen LogP contribution in [0.25, 0.3) is 0 Å². The molecule has 3 nitrogen and oxygen atoms in total. The highest BCUT2D eigenvalue weighted by Crippen LogP contribution is 2.20. The Morgan fingerprint density at radius 3 is 2.94 bits per heavy atom. The molecule has 1 aromatic heterocycles. The number of hydrogen-bond acceptors (Lipinski definition) is 3. The SMILES string of the molecule is CCOc1cccc(CNc2ncccc2Br)c1. The van der Waals surface area contributed by atoms with E-state index in [-0.39, 0.29) is 0 Å². The van der Waals surface area contributed by atoms with Gasteiger partial charge in [-0.1, -0.05) is 12.1 Å². The first-order valence-electron chi connectivity index (χ1n) is 5.85. The number of hydrogen-bond donors (Lipinski definition) is 1. The minimum Gasteiger partial charge on any atom is -0.494 e. The number of pyridine rings is 1. The van der Waals surface area contributed by atoms with Crippen molar-refractivity contribution in [2.75, 3.05) is 11.9 Å². The summed E-state index contributed by atoms with van der Waals surface area (Å²) in [5, 5.41) is 3.29. The molecule has 0 saturated carbocycles. The van der Waals surface area contributed by atoms with E-state index in [1.807, 2.05) is 37.3 Å². The van der Waals surface area contributed by atoms with Gasteiger partial charge in [0.25, 0.3) is 0 Å². The number of nitrogens with one attached hydrogen (secondary N) is 1. The van der Waals surface area contributed by atoms with Gasteiger partial charge >= 0.3 is 0 Å². The first-order valence-corrected chi connectivity index (χ1v) is 6.65. The maximum Gasteiger partial charge on any atom is 0.140 e. The quantitative estimate of drug-likeness (QED) is 0.911. The Bertz CT molecular complexity index is 517. The molecule has 0 unspecified atom stereocenters. The Hall–Kier alpha value is -1.55. The molecular formula is C14H15BrN2O. The number of rotatable bonds is 5. The van der Waals surface area contributed by atoms with Crippen molar-refractivity contribution in [2.45, 2.75) is 13.5 Å². The highest BCUT2D eigenvalue weighted by atomic mass is 79.9. The van der Waals surface area contributed by atoms with Gasteiger partial charge in [-0.2, -0.15) is 0 Å². The summed E-state index contributed by atoms with van der Waals surface area (Å²) in [6.07, 6.45) is 1.77. The van der Waals surface area contributed by atoms with E-state index in [0.717, 1.165) is 22.6 Å². The van der Waals surface area contributed by atoms with E-state index in [1.54, 1.807) is 6.20 Å².